The monoisotopic (exact) mass is 299 g/mol. The van der Waals surface area contributed by atoms with Gasteiger partial charge in [0.1, 0.15) is 16.5 Å². The summed E-state index contributed by atoms with van der Waals surface area (Å²) in [6, 6.07) is 5.04. The molecule has 2 aromatic rings. The zero-order valence-corrected chi connectivity index (χ0v) is 11.6. The normalized spacial score (nSPS) is 11.6. The Hall–Kier alpha value is -1.93. The summed E-state index contributed by atoms with van der Waals surface area (Å²) in [6.45, 7) is 0.230. The van der Waals surface area contributed by atoms with Crippen molar-refractivity contribution in [1.82, 2.24) is 9.78 Å². The maximum Gasteiger partial charge on any atom is 0.241 e. The maximum atomic E-state index is 13.1. The lowest BCUT2D eigenvalue weighted by Gasteiger charge is -2.10. The number of benzene rings is 1. The molecule has 108 valence electrons. The van der Waals surface area contributed by atoms with Crippen LogP contribution in [0.25, 0.3) is 0 Å². The van der Waals surface area contributed by atoms with Gasteiger partial charge in [0.05, 0.1) is 6.61 Å². The highest BCUT2D eigenvalue weighted by Crippen LogP contribution is 2.23. The molecule has 6 nitrogen and oxygen atoms in total. The Kier molecular flexibility index (Phi) is 4.05. The molecule has 20 heavy (non-hydrogen) atoms. The molecule has 0 atom stereocenters. The molecule has 0 fully saturated rings. The van der Waals surface area contributed by atoms with Crippen molar-refractivity contribution in [2.24, 2.45) is 12.2 Å². The minimum atomic E-state index is -4.03. The zero-order chi connectivity index (χ0) is 14.8. The van der Waals surface area contributed by atoms with Crippen LogP contribution in [0.4, 0.5) is 4.39 Å². The van der Waals surface area contributed by atoms with Gasteiger partial charge in [0.2, 0.25) is 10.0 Å². The minimum Gasteiger partial charge on any atom is -0.492 e. The Balaban J connectivity index is 2.12. The number of nitrogens with two attached hydrogens (primary N) is 1. The van der Waals surface area contributed by atoms with Crippen molar-refractivity contribution in [3.8, 4) is 5.75 Å². The van der Waals surface area contributed by atoms with Crippen LogP contribution < -0.4 is 9.88 Å². The number of sulfonamides is 1. The van der Waals surface area contributed by atoms with Gasteiger partial charge in [-0.25, -0.2) is 17.9 Å². The Bertz CT molecular complexity index is 712. The molecule has 2 rings (SSSR count). The van der Waals surface area contributed by atoms with Crippen molar-refractivity contribution < 1.29 is 17.5 Å². The molecule has 1 aromatic heterocycles. The molecule has 8 heteroatoms. The van der Waals surface area contributed by atoms with Gasteiger partial charge >= 0.3 is 0 Å². The number of ether oxygens (including phenoxy) is 1. The van der Waals surface area contributed by atoms with E-state index in [4.69, 9.17) is 9.88 Å². The molecule has 0 spiro atoms. The Morgan fingerprint density at radius 2 is 2.15 bits per heavy atom. The van der Waals surface area contributed by atoms with Gasteiger partial charge in [-0.15, -0.1) is 0 Å². The summed E-state index contributed by atoms with van der Waals surface area (Å²) >= 11 is 0. The van der Waals surface area contributed by atoms with Crippen molar-refractivity contribution in [3.05, 3.63) is 42.0 Å². The van der Waals surface area contributed by atoms with E-state index in [0.29, 0.717) is 6.42 Å². The first-order chi connectivity index (χ1) is 9.38. The molecule has 0 unspecified atom stereocenters. The van der Waals surface area contributed by atoms with Gasteiger partial charge in [0, 0.05) is 25.4 Å². The van der Waals surface area contributed by atoms with Crippen molar-refractivity contribution in [2.45, 2.75) is 11.3 Å². The fourth-order valence-electron chi connectivity index (χ4n) is 1.74. The minimum absolute atomic E-state index is 0.0380. The number of hydrogen-bond donors (Lipinski definition) is 1. The number of hydrogen-bond acceptors (Lipinski definition) is 4. The summed E-state index contributed by atoms with van der Waals surface area (Å²) in [5.41, 5.74) is 0.935. The quantitative estimate of drug-likeness (QED) is 0.885. The van der Waals surface area contributed by atoms with E-state index in [1.807, 2.05) is 6.07 Å². The highest BCUT2D eigenvalue weighted by Gasteiger charge is 2.16. The molecule has 0 aliphatic rings. The first-order valence-corrected chi connectivity index (χ1v) is 7.34. The number of nitrogens with zero attached hydrogens (tertiary/aromatic N) is 2. The van der Waals surface area contributed by atoms with Gasteiger partial charge in [-0.05, 0) is 24.3 Å². The Labute approximate surface area is 116 Å². The second-order valence-corrected chi connectivity index (χ2v) is 5.71. The summed E-state index contributed by atoms with van der Waals surface area (Å²) in [4.78, 5) is -0.359. The SMILES string of the molecule is Cn1nccc1CCOc1ccc(F)cc1S(N)(=O)=O. The lowest BCUT2D eigenvalue weighted by atomic mass is 10.3. The van der Waals surface area contributed by atoms with Gasteiger partial charge in [-0.3, -0.25) is 4.68 Å². The van der Waals surface area contributed by atoms with Crippen LogP contribution >= 0.6 is 0 Å². The predicted molar refractivity (Wildman–Crippen MR) is 70.2 cm³/mol. The van der Waals surface area contributed by atoms with E-state index in [2.05, 4.69) is 5.10 Å². The molecule has 0 aliphatic heterocycles. The molecular formula is C12H14FN3O3S. The number of primary sulfonamides is 1. The average molecular weight is 299 g/mol. The molecule has 0 radical (unpaired) electrons. The van der Waals surface area contributed by atoms with Crippen LogP contribution in [0.3, 0.4) is 0 Å². The molecule has 0 saturated heterocycles. The Morgan fingerprint density at radius 3 is 2.75 bits per heavy atom. The molecule has 0 saturated carbocycles. The lowest BCUT2D eigenvalue weighted by molar-refractivity contribution is 0.309. The standard InChI is InChI=1S/C12H14FN3O3S/c1-16-10(4-6-15-16)5-7-19-11-3-2-9(13)8-12(11)20(14,17)18/h2-4,6,8H,5,7H2,1H3,(H2,14,17,18). The summed E-state index contributed by atoms with van der Waals surface area (Å²) in [5, 5.41) is 9.03. The van der Waals surface area contributed by atoms with Crippen molar-refractivity contribution in [1.29, 1.82) is 0 Å². The van der Waals surface area contributed by atoms with Crippen LogP contribution in [0.2, 0.25) is 0 Å². The predicted octanol–water partition coefficient (Wildman–Crippen LogP) is 0.828. The van der Waals surface area contributed by atoms with Gasteiger partial charge in [-0.2, -0.15) is 5.10 Å². The van der Waals surface area contributed by atoms with E-state index in [9.17, 15) is 12.8 Å². The van der Waals surface area contributed by atoms with Crippen LogP contribution in [-0.4, -0.2) is 24.8 Å². The maximum absolute atomic E-state index is 13.1. The summed E-state index contributed by atoms with van der Waals surface area (Å²) in [6.07, 6.45) is 2.20. The molecule has 1 heterocycles. The van der Waals surface area contributed by atoms with Gasteiger partial charge in [0.15, 0.2) is 0 Å². The summed E-state index contributed by atoms with van der Waals surface area (Å²) < 4.78 is 42.9. The second-order valence-electron chi connectivity index (χ2n) is 4.18. The van der Waals surface area contributed by atoms with Crippen LogP contribution in [-0.2, 0) is 23.5 Å². The number of halogens is 1. The van der Waals surface area contributed by atoms with Crippen molar-refractivity contribution in [3.63, 3.8) is 0 Å². The van der Waals surface area contributed by atoms with Gasteiger partial charge in [0.25, 0.3) is 0 Å². The van der Waals surface area contributed by atoms with E-state index in [1.165, 1.54) is 6.07 Å². The van der Waals surface area contributed by atoms with Crippen LogP contribution in [0.15, 0.2) is 35.4 Å². The first kappa shape index (κ1) is 14.5. The molecule has 1 aromatic carbocycles. The third-order valence-electron chi connectivity index (χ3n) is 2.75. The second kappa shape index (κ2) is 5.59. The third kappa shape index (κ3) is 3.34. The fraction of sp³-hybridized carbons (Fsp3) is 0.250. The van der Waals surface area contributed by atoms with E-state index < -0.39 is 15.8 Å². The van der Waals surface area contributed by atoms with Gasteiger partial charge < -0.3 is 4.74 Å². The fourth-order valence-corrected chi connectivity index (χ4v) is 2.42. The molecule has 2 N–H and O–H groups in total. The smallest absolute Gasteiger partial charge is 0.241 e. The van der Waals surface area contributed by atoms with E-state index in [0.717, 1.165) is 17.8 Å². The van der Waals surface area contributed by atoms with Gasteiger partial charge in [-0.1, -0.05) is 0 Å². The number of aryl methyl sites for hydroxylation is 1. The number of aromatic nitrogens is 2. The van der Waals surface area contributed by atoms with Crippen LogP contribution in [0, 0.1) is 5.82 Å². The number of rotatable bonds is 5. The third-order valence-corrected chi connectivity index (χ3v) is 3.68. The lowest BCUT2D eigenvalue weighted by Crippen LogP contribution is -2.15. The van der Waals surface area contributed by atoms with E-state index >= 15 is 0 Å². The van der Waals surface area contributed by atoms with Crippen molar-refractivity contribution in [2.75, 3.05) is 6.61 Å². The molecule has 0 aliphatic carbocycles. The summed E-state index contributed by atoms with van der Waals surface area (Å²) in [7, 11) is -2.24. The van der Waals surface area contributed by atoms with Crippen LogP contribution in [0.1, 0.15) is 5.69 Å². The van der Waals surface area contributed by atoms with E-state index in [-0.39, 0.29) is 17.3 Å². The first-order valence-electron chi connectivity index (χ1n) is 5.80. The zero-order valence-electron chi connectivity index (χ0n) is 10.8. The average Bonchev–Trinajstić information content (AvgIpc) is 2.76. The topological polar surface area (TPSA) is 87.2 Å². The highest BCUT2D eigenvalue weighted by atomic mass is 32.2. The largest absolute Gasteiger partial charge is 0.492 e. The molecular weight excluding hydrogens is 285 g/mol. The Morgan fingerprint density at radius 1 is 1.40 bits per heavy atom. The van der Waals surface area contributed by atoms with Crippen molar-refractivity contribution >= 4 is 10.0 Å². The van der Waals surface area contributed by atoms with Crippen LogP contribution in [0.5, 0.6) is 5.75 Å². The molecule has 0 amide bonds. The molecule has 0 bridgehead atoms. The summed E-state index contributed by atoms with van der Waals surface area (Å²) in [5.74, 6) is -0.649. The van der Waals surface area contributed by atoms with E-state index in [1.54, 1.807) is 17.9 Å². The highest BCUT2D eigenvalue weighted by molar-refractivity contribution is 7.89.